The van der Waals surface area contributed by atoms with Gasteiger partial charge in [0.2, 0.25) is 0 Å². The Morgan fingerprint density at radius 2 is 2.36 bits per heavy atom. The molecule has 0 amide bonds. The third-order valence-corrected chi connectivity index (χ3v) is 2.89. The maximum atomic E-state index is 5.05. The highest BCUT2D eigenvalue weighted by atomic mass is 16.5. The van der Waals surface area contributed by atoms with Gasteiger partial charge in [-0.1, -0.05) is 12.2 Å². The normalized spacial score (nSPS) is 23.7. The molecule has 2 nitrogen and oxygen atoms in total. The zero-order valence-electron chi connectivity index (χ0n) is 9.46. The Balaban J connectivity index is 2.04. The lowest BCUT2D eigenvalue weighted by molar-refractivity contribution is 0.183. The zero-order valence-corrected chi connectivity index (χ0v) is 9.46. The van der Waals surface area contributed by atoms with Gasteiger partial charge < -0.3 is 10.1 Å². The molecule has 0 spiro atoms. The van der Waals surface area contributed by atoms with E-state index in [9.17, 15) is 0 Å². The molecule has 0 saturated heterocycles. The lowest BCUT2D eigenvalue weighted by atomic mass is 9.94. The molecule has 14 heavy (non-hydrogen) atoms. The summed E-state index contributed by atoms with van der Waals surface area (Å²) in [4.78, 5) is 0. The van der Waals surface area contributed by atoms with Crippen molar-refractivity contribution in [2.24, 2.45) is 5.92 Å². The van der Waals surface area contributed by atoms with Crippen molar-refractivity contribution in [1.29, 1.82) is 0 Å². The Hall–Kier alpha value is -0.340. The van der Waals surface area contributed by atoms with Crippen LogP contribution in [0.4, 0.5) is 0 Å². The summed E-state index contributed by atoms with van der Waals surface area (Å²) in [6.07, 6.45) is 9.59. The predicted molar refractivity (Wildman–Crippen MR) is 60.4 cm³/mol. The molecule has 1 rings (SSSR count). The van der Waals surface area contributed by atoms with Crippen LogP contribution in [-0.4, -0.2) is 26.3 Å². The van der Waals surface area contributed by atoms with E-state index < -0.39 is 0 Å². The lowest BCUT2D eigenvalue weighted by Crippen LogP contribution is -2.32. The number of methoxy groups -OCH3 is 1. The second-order valence-electron chi connectivity index (χ2n) is 4.24. The second kappa shape index (κ2) is 7.02. The van der Waals surface area contributed by atoms with Gasteiger partial charge in [-0.15, -0.1) is 0 Å². The van der Waals surface area contributed by atoms with E-state index in [0.717, 1.165) is 25.5 Å². The van der Waals surface area contributed by atoms with Crippen molar-refractivity contribution in [1.82, 2.24) is 5.32 Å². The van der Waals surface area contributed by atoms with E-state index in [1.54, 1.807) is 7.11 Å². The van der Waals surface area contributed by atoms with Gasteiger partial charge in [0.15, 0.2) is 0 Å². The molecule has 0 aromatic rings. The van der Waals surface area contributed by atoms with Crippen LogP contribution in [0.3, 0.4) is 0 Å². The smallest absolute Gasteiger partial charge is 0.0476 e. The summed E-state index contributed by atoms with van der Waals surface area (Å²) in [5, 5.41) is 3.57. The van der Waals surface area contributed by atoms with Gasteiger partial charge in [0.05, 0.1) is 0 Å². The summed E-state index contributed by atoms with van der Waals surface area (Å²) in [6, 6.07) is 0.584. The SMILES string of the molecule is COCCC(C)NCC1CC=CCC1. The first-order chi connectivity index (χ1) is 6.83. The molecule has 0 aromatic carbocycles. The average molecular weight is 197 g/mol. The Morgan fingerprint density at radius 1 is 1.50 bits per heavy atom. The standard InChI is InChI=1S/C12H23NO/c1-11(8-9-14-2)13-10-12-6-4-3-5-7-12/h3-4,11-13H,5-10H2,1-2H3. The molecule has 0 aromatic heterocycles. The van der Waals surface area contributed by atoms with Crippen LogP contribution in [0.2, 0.25) is 0 Å². The Morgan fingerprint density at radius 3 is 3.00 bits per heavy atom. The van der Waals surface area contributed by atoms with Gasteiger partial charge in [0.25, 0.3) is 0 Å². The van der Waals surface area contributed by atoms with Crippen LogP contribution in [-0.2, 0) is 4.74 Å². The first kappa shape index (κ1) is 11.7. The Kier molecular flexibility index (Phi) is 5.88. The van der Waals surface area contributed by atoms with Crippen molar-refractivity contribution >= 4 is 0 Å². The molecular formula is C12H23NO. The quantitative estimate of drug-likeness (QED) is 0.660. The van der Waals surface area contributed by atoms with Gasteiger partial charge in [0, 0.05) is 19.8 Å². The largest absolute Gasteiger partial charge is 0.385 e. The molecule has 2 atom stereocenters. The van der Waals surface area contributed by atoms with E-state index in [1.807, 2.05) is 0 Å². The molecule has 0 heterocycles. The first-order valence-corrected chi connectivity index (χ1v) is 5.70. The van der Waals surface area contributed by atoms with E-state index in [4.69, 9.17) is 4.74 Å². The van der Waals surface area contributed by atoms with Crippen molar-refractivity contribution in [2.75, 3.05) is 20.3 Å². The van der Waals surface area contributed by atoms with Gasteiger partial charge >= 0.3 is 0 Å². The van der Waals surface area contributed by atoms with Gasteiger partial charge in [-0.3, -0.25) is 0 Å². The molecule has 2 heteroatoms. The maximum absolute atomic E-state index is 5.05. The molecule has 2 unspecified atom stereocenters. The Labute approximate surface area is 87.7 Å². The average Bonchev–Trinajstić information content (AvgIpc) is 2.25. The fraction of sp³-hybridized carbons (Fsp3) is 0.833. The van der Waals surface area contributed by atoms with Crippen molar-refractivity contribution in [3.8, 4) is 0 Å². The summed E-state index contributed by atoms with van der Waals surface area (Å²) >= 11 is 0. The number of hydrogen-bond acceptors (Lipinski definition) is 2. The third-order valence-electron chi connectivity index (χ3n) is 2.89. The van der Waals surface area contributed by atoms with Crippen LogP contribution in [0.1, 0.15) is 32.6 Å². The molecule has 0 radical (unpaired) electrons. The lowest BCUT2D eigenvalue weighted by Gasteiger charge is -2.21. The second-order valence-corrected chi connectivity index (χ2v) is 4.24. The van der Waals surface area contributed by atoms with Crippen molar-refractivity contribution < 1.29 is 4.74 Å². The molecule has 1 aliphatic carbocycles. The minimum absolute atomic E-state index is 0.584. The molecule has 0 fully saturated rings. The van der Waals surface area contributed by atoms with E-state index in [0.29, 0.717) is 6.04 Å². The van der Waals surface area contributed by atoms with E-state index in [-0.39, 0.29) is 0 Å². The van der Waals surface area contributed by atoms with Crippen LogP contribution < -0.4 is 5.32 Å². The molecule has 0 bridgehead atoms. The molecule has 1 N–H and O–H groups in total. The number of ether oxygens (including phenoxy) is 1. The third kappa shape index (κ3) is 4.77. The number of hydrogen-bond donors (Lipinski definition) is 1. The van der Waals surface area contributed by atoms with Gasteiger partial charge in [-0.2, -0.15) is 0 Å². The predicted octanol–water partition coefficient (Wildman–Crippen LogP) is 2.36. The fourth-order valence-corrected chi connectivity index (χ4v) is 1.81. The number of nitrogens with one attached hydrogen (secondary N) is 1. The van der Waals surface area contributed by atoms with E-state index in [2.05, 4.69) is 24.4 Å². The minimum atomic E-state index is 0.584. The summed E-state index contributed by atoms with van der Waals surface area (Å²) in [5.41, 5.74) is 0. The van der Waals surface area contributed by atoms with Gasteiger partial charge in [-0.05, 0) is 45.1 Å². The van der Waals surface area contributed by atoms with Crippen molar-refractivity contribution in [3.63, 3.8) is 0 Å². The summed E-state index contributed by atoms with van der Waals surface area (Å²) < 4.78 is 5.05. The Bertz CT molecular complexity index is 168. The van der Waals surface area contributed by atoms with Crippen LogP contribution in [0.15, 0.2) is 12.2 Å². The topological polar surface area (TPSA) is 21.3 Å². The van der Waals surface area contributed by atoms with Crippen LogP contribution in [0.25, 0.3) is 0 Å². The van der Waals surface area contributed by atoms with E-state index in [1.165, 1.54) is 19.3 Å². The van der Waals surface area contributed by atoms with Crippen LogP contribution in [0.5, 0.6) is 0 Å². The highest BCUT2D eigenvalue weighted by Gasteiger charge is 2.10. The molecular weight excluding hydrogens is 174 g/mol. The van der Waals surface area contributed by atoms with Crippen LogP contribution >= 0.6 is 0 Å². The maximum Gasteiger partial charge on any atom is 0.0476 e. The van der Waals surface area contributed by atoms with Crippen LogP contribution in [0, 0.1) is 5.92 Å². The van der Waals surface area contributed by atoms with Gasteiger partial charge in [0.1, 0.15) is 0 Å². The summed E-state index contributed by atoms with van der Waals surface area (Å²) in [7, 11) is 1.76. The summed E-state index contributed by atoms with van der Waals surface area (Å²) in [5.74, 6) is 0.852. The first-order valence-electron chi connectivity index (χ1n) is 5.70. The highest BCUT2D eigenvalue weighted by molar-refractivity contribution is 4.90. The molecule has 0 aliphatic heterocycles. The molecule has 1 aliphatic rings. The number of rotatable bonds is 6. The molecule has 82 valence electrons. The highest BCUT2D eigenvalue weighted by Crippen LogP contribution is 2.17. The van der Waals surface area contributed by atoms with Crippen molar-refractivity contribution in [2.45, 2.75) is 38.6 Å². The zero-order chi connectivity index (χ0) is 10.2. The number of allylic oxidation sites excluding steroid dienone is 2. The van der Waals surface area contributed by atoms with E-state index >= 15 is 0 Å². The van der Waals surface area contributed by atoms with Gasteiger partial charge in [-0.25, -0.2) is 0 Å². The fourth-order valence-electron chi connectivity index (χ4n) is 1.81. The summed E-state index contributed by atoms with van der Waals surface area (Å²) in [6.45, 7) is 4.26. The minimum Gasteiger partial charge on any atom is -0.385 e. The monoisotopic (exact) mass is 197 g/mol. The molecule has 0 saturated carbocycles. The van der Waals surface area contributed by atoms with Crippen molar-refractivity contribution in [3.05, 3.63) is 12.2 Å².